The highest BCUT2D eigenvalue weighted by atomic mass is 16.1. The molecule has 0 spiro atoms. The highest BCUT2D eigenvalue weighted by Crippen LogP contribution is 2.21. The third-order valence-electron chi connectivity index (χ3n) is 2.82. The zero-order chi connectivity index (χ0) is 11.0. The third kappa shape index (κ3) is 1.43. The molecule has 0 bridgehead atoms. The maximum atomic E-state index is 11.6. The fraction of sp³-hybridized carbons (Fsp3) is 0.250. The topological polar surface area (TPSA) is 58.6 Å². The predicted molar refractivity (Wildman–Crippen MR) is 59.1 cm³/mol. The van der Waals surface area contributed by atoms with Gasteiger partial charge in [0.15, 0.2) is 11.6 Å². The molecule has 0 amide bonds. The molecule has 0 aromatic carbocycles. The summed E-state index contributed by atoms with van der Waals surface area (Å²) in [6.07, 6.45) is 5.88. The van der Waals surface area contributed by atoms with E-state index in [2.05, 4.69) is 15.0 Å². The van der Waals surface area contributed by atoms with Gasteiger partial charge in [0, 0.05) is 18.8 Å². The fourth-order valence-electron chi connectivity index (χ4n) is 1.99. The highest BCUT2D eigenvalue weighted by molar-refractivity contribution is 5.97. The smallest absolute Gasteiger partial charge is 0.176 e. The quantitative estimate of drug-likeness (QED) is 0.788. The van der Waals surface area contributed by atoms with Gasteiger partial charge in [0.05, 0.1) is 17.0 Å². The molecule has 2 aromatic heterocycles. The van der Waals surface area contributed by atoms with Gasteiger partial charge in [-0.25, -0.2) is 9.97 Å². The molecule has 0 saturated carbocycles. The number of carbonyl (C=O) groups excluding carboxylic acids is 1. The molecule has 0 fully saturated rings. The Bertz CT molecular complexity index is 531. The van der Waals surface area contributed by atoms with Crippen LogP contribution in [0.4, 0.5) is 0 Å². The molecule has 1 aliphatic rings. The molecule has 4 nitrogen and oxygen atoms in total. The second-order valence-electron chi connectivity index (χ2n) is 3.91. The van der Waals surface area contributed by atoms with Crippen LogP contribution < -0.4 is 0 Å². The third-order valence-corrected chi connectivity index (χ3v) is 2.82. The van der Waals surface area contributed by atoms with Gasteiger partial charge in [0.1, 0.15) is 0 Å². The van der Waals surface area contributed by atoms with E-state index in [0.717, 1.165) is 24.2 Å². The summed E-state index contributed by atoms with van der Waals surface area (Å²) in [7, 11) is 0. The molecule has 4 heteroatoms. The first-order valence-electron chi connectivity index (χ1n) is 5.37. The molecule has 1 aliphatic carbocycles. The maximum Gasteiger partial charge on any atom is 0.176 e. The lowest BCUT2D eigenvalue weighted by Gasteiger charge is -2.13. The molecular formula is C12H11N3O. The monoisotopic (exact) mass is 213 g/mol. The summed E-state index contributed by atoms with van der Waals surface area (Å²) in [6, 6.07) is 3.83. The molecule has 3 rings (SSSR count). The van der Waals surface area contributed by atoms with Crippen LogP contribution in [0.2, 0.25) is 0 Å². The summed E-state index contributed by atoms with van der Waals surface area (Å²) in [5, 5.41) is 0. The number of rotatable bonds is 1. The minimum absolute atomic E-state index is 0.166. The van der Waals surface area contributed by atoms with Gasteiger partial charge in [-0.2, -0.15) is 0 Å². The Morgan fingerprint density at radius 2 is 2.25 bits per heavy atom. The van der Waals surface area contributed by atoms with E-state index in [9.17, 15) is 4.79 Å². The Balaban J connectivity index is 2.08. The average Bonchev–Trinajstić information content (AvgIpc) is 2.82. The minimum Gasteiger partial charge on any atom is -0.359 e. The van der Waals surface area contributed by atoms with Gasteiger partial charge in [-0.15, -0.1) is 0 Å². The van der Waals surface area contributed by atoms with Crippen molar-refractivity contribution < 1.29 is 4.79 Å². The van der Waals surface area contributed by atoms with Crippen molar-refractivity contribution in [1.29, 1.82) is 0 Å². The Hall–Kier alpha value is -1.97. The van der Waals surface area contributed by atoms with E-state index in [1.54, 1.807) is 6.20 Å². The molecule has 80 valence electrons. The normalized spacial score (nSPS) is 14.9. The van der Waals surface area contributed by atoms with Crippen LogP contribution in [0.1, 0.15) is 28.9 Å². The van der Waals surface area contributed by atoms with Crippen molar-refractivity contribution in [1.82, 2.24) is 15.0 Å². The Kier molecular flexibility index (Phi) is 2.06. The molecule has 1 N–H and O–H groups in total. The summed E-state index contributed by atoms with van der Waals surface area (Å²) >= 11 is 0. The number of fused-ring (bicyclic) bond motifs is 1. The van der Waals surface area contributed by atoms with E-state index < -0.39 is 0 Å². The number of nitrogens with zero attached hydrogens (tertiary/aromatic N) is 2. The van der Waals surface area contributed by atoms with Crippen molar-refractivity contribution in [2.75, 3.05) is 0 Å². The van der Waals surface area contributed by atoms with Gasteiger partial charge >= 0.3 is 0 Å². The van der Waals surface area contributed by atoms with E-state index in [1.807, 2.05) is 18.3 Å². The largest absolute Gasteiger partial charge is 0.359 e. The van der Waals surface area contributed by atoms with E-state index in [-0.39, 0.29) is 5.78 Å². The molecule has 0 aliphatic heterocycles. The number of aryl methyl sites for hydroxylation is 1. The highest BCUT2D eigenvalue weighted by Gasteiger charge is 2.19. The molecule has 2 heterocycles. The van der Waals surface area contributed by atoms with Crippen LogP contribution >= 0.6 is 0 Å². The molecule has 0 unspecified atom stereocenters. The Morgan fingerprint density at radius 3 is 3.06 bits per heavy atom. The number of H-pyrrole nitrogens is 1. The second kappa shape index (κ2) is 3.56. The van der Waals surface area contributed by atoms with E-state index in [1.165, 1.54) is 0 Å². The number of aromatic nitrogens is 3. The lowest BCUT2D eigenvalue weighted by Crippen LogP contribution is -2.13. The molecule has 2 aromatic rings. The first-order chi connectivity index (χ1) is 7.84. The van der Waals surface area contributed by atoms with Crippen molar-refractivity contribution in [3.8, 4) is 11.5 Å². The number of hydrogen-bond acceptors (Lipinski definition) is 3. The van der Waals surface area contributed by atoms with E-state index in [0.29, 0.717) is 17.8 Å². The van der Waals surface area contributed by atoms with Crippen molar-refractivity contribution in [2.24, 2.45) is 0 Å². The molecule has 16 heavy (non-hydrogen) atoms. The molecular weight excluding hydrogens is 202 g/mol. The van der Waals surface area contributed by atoms with Crippen LogP contribution in [0.15, 0.2) is 24.5 Å². The summed E-state index contributed by atoms with van der Waals surface area (Å²) in [4.78, 5) is 23.3. The van der Waals surface area contributed by atoms with Crippen LogP contribution in [0.25, 0.3) is 11.5 Å². The maximum absolute atomic E-state index is 11.6. The van der Waals surface area contributed by atoms with Crippen molar-refractivity contribution in [3.63, 3.8) is 0 Å². The van der Waals surface area contributed by atoms with Crippen LogP contribution in [0, 0.1) is 0 Å². The van der Waals surface area contributed by atoms with Gasteiger partial charge in [-0.1, -0.05) is 0 Å². The van der Waals surface area contributed by atoms with Gasteiger partial charge in [0.25, 0.3) is 0 Å². The number of carbonyl (C=O) groups is 1. The van der Waals surface area contributed by atoms with Crippen LogP contribution in [0.5, 0.6) is 0 Å². The molecule has 0 atom stereocenters. The fourth-order valence-corrected chi connectivity index (χ4v) is 1.99. The molecule has 0 saturated heterocycles. The standard InChI is InChI=1S/C12H11N3O/c16-11-5-1-3-9-8(11)7-14-12(15-9)10-4-2-6-13-10/h2,4,6-7,13H,1,3,5H2. The number of nitrogens with one attached hydrogen (secondary N) is 1. The van der Waals surface area contributed by atoms with Crippen LogP contribution in [0.3, 0.4) is 0 Å². The Morgan fingerprint density at radius 1 is 1.31 bits per heavy atom. The number of aromatic amines is 1. The van der Waals surface area contributed by atoms with Gasteiger partial charge < -0.3 is 4.98 Å². The number of ketones is 1. The van der Waals surface area contributed by atoms with Gasteiger partial charge in [-0.05, 0) is 25.0 Å². The Labute approximate surface area is 92.8 Å². The van der Waals surface area contributed by atoms with E-state index in [4.69, 9.17) is 0 Å². The molecule has 0 radical (unpaired) electrons. The summed E-state index contributed by atoms with van der Waals surface area (Å²) in [5.41, 5.74) is 2.47. The van der Waals surface area contributed by atoms with Gasteiger partial charge in [0.2, 0.25) is 0 Å². The van der Waals surface area contributed by atoms with Crippen LogP contribution in [-0.2, 0) is 6.42 Å². The van der Waals surface area contributed by atoms with E-state index >= 15 is 0 Å². The average molecular weight is 213 g/mol. The summed E-state index contributed by atoms with van der Waals surface area (Å²) < 4.78 is 0. The predicted octanol–water partition coefficient (Wildman–Crippen LogP) is 1.99. The zero-order valence-electron chi connectivity index (χ0n) is 8.73. The lowest BCUT2D eigenvalue weighted by molar-refractivity contribution is 0.0971. The van der Waals surface area contributed by atoms with Gasteiger partial charge in [-0.3, -0.25) is 4.79 Å². The second-order valence-corrected chi connectivity index (χ2v) is 3.91. The first kappa shape index (κ1) is 9.27. The SMILES string of the molecule is O=C1CCCc2nc(-c3ccc[nH]3)ncc21. The number of Topliss-reactive ketones (excluding diaryl/α,β-unsaturated/α-hetero) is 1. The zero-order valence-corrected chi connectivity index (χ0v) is 8.73. The summed E-state index contributed by atoms with van der Waals surface area (Å²) in [5.74, 6) is 0.831. The minimum atomic E-state index is 0.166. The van der Waals surface area contributed by atoms with Crippen molar-refractivity contribution in [2.45, 2.75) is 19.3 Å². The van der Waals surface area contributed by atoms with Crippen molar-refractivity contribution >= 4 is 5.78 Å². The number of hydrogen-bond donors (Lipinski definition) is 1. The first-order valence-corrected chi connectivity index (χ1v) is 5.37. The van der Waals surface area contributed by atoms with Crippen molar-refractivity contribution in [3.05, 3.63) is 35.8 Å². The lowest BCUT2D eigenvalue weighted by atomic mass is 9.96. The summed E-state index contributed by atoms with van der Waals surface area (Å²) in [6.45, 7) is 0. The van der Waals surface area contributed by atoms with Crippen LogP contribution in [-0.4, -0.2) is 20.7 Å².